The number of rotatable bonds is 20. The summed E-state index contributed by atoms with van der Waals surface area (Å²) in [6.45, 7) is -1.96. The third-order valence-corrected chi connectivity index (χ3v) is 11.4. The Morgan fingerprint density at radius 1 is 0.631 bits per heavy atom. The van der Waals surface area contributed by atoms with Gasteiger partial charge in [-0.3, -0.25) is 14.1 Å². The predicted molar refractivity (Wildman–Crippen MR) is 201 cm³/mol. The second kappa shape index (κ2) is 24.0. The van der Waals surface area contributed by atoms with Crippen molar-refractivity contribution in [3.05, 3.63) is 0 Å². The third kappa shape index (κ3) is 13.6. The molecule has 0 bridgehead atoms. The molecule has 24 atom stereocenters. The normalized spacial score (nSPS) is 42.4. The van der Waals surface area contributed by atoms with Gasteiger partial charge in [0.25, 0.3) is 0 Å². The van der Waals surface area contributed by atoms with Crippen LogP contribution in [0.2, 0.25) is 0 Å². The molecule has 4 aliphatic heterocycles. The fraction of sp³-hybridized carbons (Fsp3) is 0.941. The van der Waals surface area contributed by atoms with Crippen LogP contribution in [-0.4, -0.2) is 276 Å². The highest BCUT2D eigenvalue weighted by Crippen LogP contribution is 2.36. The average molecular weight is 977 g/mol. The maximum absolute atomic E-state index is 12.2. The van der Waals surface area contributed by atoms with E-state index in [4.69, 9.17) is 37.9 Å². The summed E-state index contributed by atoms with van der Waals surface area (Å²) in [5, 5.41) is 153. The maximum Gasteiger partial charge on any atom is 0.397 e. The Kier molecular flexibility index (Phi) is 20.5. The summed E-state index contributed by atoms with van der Waals surface area (Å²) < 4.78 is 83.8. The lowest BCUT2D eigenvalue weighted by molar-refractivity contribution is -0.398. The van der Waals surface area contributed by atoms with Gasteiger partial charge in [0, 0.05) is 13.8 Å². The standard InChI is InChI=1S/C34H60N2O28S/c1-9-18(44)24(50)25(51)32(57-9)63-30-29(62-33-26(52)28(64-65(53,54)55)21(47)15(7-40)59-33)22(48)16(8-56-31-17(36-11(3)42)23(49)20(46)14(6-39)58-31)60-34(30)61-27(19(45)13(43)5-38)12(4-37)35-10(2)41/h9,12-34,37-40,43-52H,4-8H2,1-3H3,(H,35,41)(H,36,42)(H,53,54,55)/t9-,12-,13+,14+,15+,16+,17+,18+,19-,20+,21-,22-,23+,24+,25-,26+,27+,28-,29-,30+,31+,32-,33-,34-/m0/s1. The predicted octanol–water partition coefficient (Wildman–Crippen LogP) is -11.1. The number of carbonyl (C=O) groups is 2. The van der Waals surface area contributed by atoms with Crippen LogP contribution in [0, 0.1) is 0 Å². The van der Waals surface area contributed by atoms with Crippen molar-refractivity contribution >= 4 is 22.2 Å². The summed E-state index contributed by atoms with van der Waals surface area (Å²) in [6.07, 6.45) is -44.9. The summed E-state index contributed by atoms with van der Waals surface area (Å²) in [5.74, 6) is -1.61. The van der Waals surface area contributed by atoms with E-state index in [1.54, 1.807) is 0 Å². The van der Waals surface area contributed by atoms with Crippen LogP contribution >= 0.6 is 0 Å². The van der Waals surface area contributed by atoms with Gasteiger partial charge in [-0.25, -0.2) is 4.18 Å². The zero-order chi connectivity index (χ0) is 48.8. The molecule has 65 heavy (non-hydrogen) atoms. The molecule has 0 unspecified atom stereocenters. The van der Waals surface area contributed by atoms with Crippen LogP contribution in [0.1, 0.15) is 20.8 Å². The number of aliphatic hydroxyl groups excluding tert-OH is 14. The molecule has 0 aromatic heterocycles. The fourth-order valence-corrected chi connectivity index (χ4v) is 7.99. The number of aliphatic hydroxyl groups is 14. The lowest BCUT2D eigenvalue weighted by Crippen LogP contribution is -2.69. The zero-order valence-corrected chi connectivity index (χ0v) is 35.6. The van der Waals surface area contributed by atoms with Crippen molar-refractivity contribution < 1.29 is 136 Å². The lowest BCUT2D eigenvalue weighted by Gasteiger charge is -2.50. The molecule has 4 saturated heterocycles. The van der Waals surface area contributed by atoms with Gasteiger partial charge in [-0.1, -0.05) is 0 Å². The van der Waals surface area contributed by atoms with Crippen LogP contribution in [0.3, 0.4) is 0 Å². The van der Waals surface area contributed by atoms with E-state index in [-0.39, 0.29) is 0 Å². The van der Waals surface area contributed by atoms with E-state index in [1.165, 1.54) is 6.92 Å². The van der Waals surface area contributed by atoms with Gasteiger partial charge in [0.2, 0.25) is 11.8 Å². The first-order chi connectivity index (χ1) is 30.4. The van der Waals surface area contributed by atoms with Gasteiger partial charge in [-0.2, -0.15) is 8.42 Å². The monoisotopic (exact) mass is 976 g/mol. The molecule has 0 spiro atoms. The molecule has 4 rings (SSSR count). The van der Waals surface area contributed by atoms with E-state index in [0.29, 0.717) is 0 Å². The smallest absolute Gasteiger partial charge is 0.394 e. The highest BCUT2D eigenvalue weighted by atomic mass is 32.3. The summed E-state index contributed by atoms with van der Waals surface area (Å²) in [5.41, 5.74) is 0. The fourth-order valence-electron chi connectivity index (χ4n) is 7.48. The summed E-state index contributed by atoms with van der Waals surface area (Å²) in [4.78, 5) is 24.3. The minimum atomic E-state index is -5.48. The van der Waals surface area contributed by atoms with Crippen molar-refractivity contribution in [1.29, 1.82) is 0 Å². The van der Waals surface area contributed by atoms with E-state index in [0.717, 1.165) is 13.8 Å². The van der Waals surface area contributed by atoms with Crippen molar-refractivity contribution in [1.82, 2.24) is 10.6 Å². The zero-order valence-electron chi connectivity index (χ0n) is 34.8. The summed E-state index contributed by atoms with van der Waals surface area (Å²) in [7, 11) is -5.48. The van der Waals surface area contributed by atoms with E-state index in [1.807, 2.05) is 0 Å². The summed E-state index contributed by atoms with van der Waals surface area (Å²) in [6, 6.07) is -3.28. The topological polar surface area (TPSA) is 479 Å². The van der Waals surface area contributed by atoms with Crippen LogP contribution in [0.25, 0.3) is 0 Å². The van der Waals surface area contributed by atoms with E-state index >= 15 is 0 Å². The number of nitrogens with one attached hydrogen (secondary N) is 2. The first kappa shape index (κ1) is 55.5. The molecule has 4 heterocycles. The molecule has 4 fully saturated rings. The Balaban J connectivity index is 1.87. The molecule has 4 aliphatic rings. The van der Waals surface area contributed by atoms with Gasteiger partial charge in [0.05, 0.1) is 45.2 Å². The SMILES string of the molecule is CC(=O)N[C@H]1[C@H](OC[C@H]2O[C@@H](O[C@@H]([C@@H](O)[C@H](O)CO)[C@H](CO)NC(C)=O)[C@H](O[C@@H]3O[C@@H](C)[C@@H](O)[C@@H](O)[C@@H]3O)[C@@H](O[C@@H]3O[C@H](CO)[C@H](O)[C@H](OS(=O)(=O)O)[C@H]3O)[C@H]2O)O[C@H](CO)[C@@H](O)[C@@H]1O. The molecule has 2 amide bonds. The first-order valence-corrected chi connectivity index (χ1v) is 21.4. The highest BCUT2D eigenvalue weighted by molar-refractivity contribution is 7.80. The van der Waals surface area contributed by atoms with Gasteiger partial charge in [-0.05, 0) is 6.92 Å². The van der Waals surface area contributed by atoms with Crippen LogP contribution in [0.4, 0.5) is 0 Å². The molecule has 17 N–H and O–H groups in total. The molecule has 30 nitrogen and oxygen atoms in total. The molecular weight excluding hydrogens is 916 g/mol. The number of hydrogen-bond donors (Lipinski definition) is 17. The van der Waals surface area contributed by atoms with Gasteiger partial charge in [0.1, 0.15) is 110 Å². The molecule has 380 valence electrons. The molecule has 0 saturated carbocycles. The minimum Gasteiger partial charge on any atom is -0.394 e. The van der Waals surface area contributed by atoms with Gasteiger partial charge < -0.3 is 120 Å². The van der Waals surface area contributed by atoms with Gasteiger partial charge >= 0.3 is 10.4 Å². The molecule has 0 radical (unpaired) electrons. The molecular formula is C34H60N2O28S. The average Bonchev–Trinajstić information content (AvgIpc) is 3.24. The second-order valence-electron chi connectivity index (χ2n) is 15.7. The Morgan fingerprint density at radius 2 is 1.18 bits per heavy atom. The van der Waals surface area contributed by atoms with Crippen LogP contribution < -0.4 is 10.6 Å². The van der Waals surface area contributed by atoms with Crippen molar-refractivity contribution in [2.75, 3.05) is 33.0 Å². The van der Waals surface area contributed by atoms with Crippen LogP contribution in [-0.2, 0) is 62.1 Å². The third-order valence-electron chi connectivity index (χ3n) is 10.9. The van der Waals surface area contributed by atoms with E-state index in [2.05, 4.69) is 14.8 Å². The minimum absolute atomic E-state index is 0.767. The number of ether oxygens (including phenoxy) is 8. The largest absolute Gasteiger partial charge is 0.397 e. The van der Waals surface area contributed by atoms with Gasteiger partial charge in [0.15, 0.2) is 25.2 Å². The molecule has 31 heteroatoms. The first-order valence-electron chi connectivity index (χ1n) is 20.0. The number of hydrogen-bond acceptors (Lipinski definition) is 27. The number of amides is 2. The molecule has 0 aromatic carbocycles. The van der Waals surface area contributed by atoms with Crippen LogP contribution in [0.15, 0.2) is 0 Å². The van der Waals surface area contributed by atoms with E-state index in [9.17, 15) is 94.1 Å². The second-order valence-corrected chi connectivity index (χ2v) is 16.8. The van der Waals surface area contributed by atoms with Crippen LogP contribution in [0.5, 0.6) is 0 Å². The quantitative estimate of drug-likeness (QED) is 0.0504. The summed E-state index contributed by atoms with van der Waals surface area (Å²) >= 11 is 0. The van der Waals surface area contributed by atoms with Crippen molar-refractivity contribution in [2.45, 2.75) is 168 Å². The molecule has 0 aromatic rings. The van der Waals surface area contributed by atoms with E-state index < -0.39 is 202 Å². The Labute approximate surface area is 369 Å². The van der Waals surface area contributed by atoms with Crippen molar-refractivity contribution in [2.24, 2.45) is 0 Å². The Hall–Kier alpha value is -2.07. The lowest BCUT2D eigenvalue weighted by atomic mass is 9.95. The maximum atomic E-state index is 12.2. The Bertz CT molecular complexity index is 1620. The highest BCUT2D eigenvalue weighted by Gasteiger charge is 2.57. The molecule has 0 aliphatic carbocycles. The van der Waals surface area contributed by atoms with Gasteiger partial charge in [-0.15, -0.1) is 0 Å². The number of carbonyl (C=O) groups excluding carboxylic acids is 2. The van der Waals surface area contributed by atoms with Crippen molar-refractivity contribution in [3.63, 3.8) is 0 Å². The Morgan fingerprint density at radius 3 is 1.74 bits per heavy atom. The van der Waals surface area contributed by atoms with Crippen molar-refractivity contribution in [3.8, 4) is 0 Å².